The van der Waals surface area contributed by atoms with Crippen LogP contribution in [0.2, 0.25) is 5.15 Å². The SMILES string of the molecule is CCN(CCOC)c1cc(Cl)nc(C(F)(F)F)n1. The maximum absolute atomic E-state index is 12.5. The number of alkyl halides is 3. The lowest BCUT2D eigenvalue weighted by molar-refractivity contribution is -0.144. The van der Waals surface area contributed by atoms with Crippen LogP contribution in [0.4, 0.5) is 19.0 Å². The minimum Gasteiger partial charge on any atom is -0.383 e. The zero-order valence-electron chi connectivity index (χ0n) is 9.96. The number of methoxy groups -OCH3 is 1. The average Bonchev–Trinajstić information content (AvgIpc) is 2.28. The molecule has 0 radical (unpaired) electrons. The molecule has 0 amide bonds. The standard InChI is InChI=1S/C10H13ClF3N3O/c1-3-17(4-5-18-2)8-6-7(11)15-9(16-8)10(12,13)14/h6H,3-5H2,1-2H3. The minimum atomic E-state index is -4.61. The van der Waals surface area contributed by atoms with Crippen molar-refractivity contribution in [3.05, 3.63) is 17.0 Å². The van der Waals surface area contributed by atoms with Crippen molar-refractivity contribution < 1.29 is 17.9 Å². The first-order valence-corrected chi connectivity index (χ1v) is 5.62. The number of hydrogen-bond acceptors (Lipinski definition) is 4. The second kappa shape index (κ2) is 6.19. The van der Waals surface area contributed by atoms with E-state index in [1.54, 1.807) is 11.8 Å². The molecular weight excluding hydrogens is 271 g/mol. The van der Waals surface area contributed by atoms with Crippen LogP contribution in [0.15, 0.2) is 6.07 Å². The van der Waals surface area contributed by atoms with Crippen molar-refractivity contribution in [2.45, 2.75) is 13.1 Å². The lowest BCUT2D eigenvalue weighted by atomic mass is 10.4. The number of ether oxygens (including phenoxy) is 1. The first-order chi connectivity index (χ1) is 8.38. The van der Waals surface area contributed by atoms with E-state index >= 15 is 0 Å². The number of hydrogen-bond donors (Lipinski definition) is 0. The largest absolute Gasteiger partial charge is 0.451 e. The summed E-state index contributed by atoms with van der Waals surface area (Å²) in [5.74, 6) is -1.09. The van der Waals surface area contributed by atoms with Gasteiger partial charge in [-0.3, -0.25) is 0 Å². The normalized spacial score (nSPS) is 11.7. The lowest BCUT2D eigenvalue weighted by Gasteiger charge is -2.22. The Labute approximate surface area is 108 Å². The predicted molar refractivity (Wildman–Crippen MR) is 61.8 cm³/mol. The highest BCUT2D eigenvalue weighted by molar-refractivity contribution is 6.29. The lowest BCUT2D eigenvalue weighted by Crippen LogP contribution is -2.28. The average molecular weight is 284 g/mol. The second-order valence-corrected chi connectivity index (χ2v) is 3.83. The third kappa shape index (κ3) is 3.99. The molecule has 4 nitrogen and oxygen atoms in total. The Morgan fingerprint density at radius 1 is 1.39 bits per heavy atom. The maximum Gasteiger partial charge on any atom is 0.451 e. The molecule has 0 fully saturated rings. The van der Waals surface area contributed by atoms with Gasteiger partial charge in [-0.25, -0.2) is 9.97 Å². The van der Waals surface area contributed by atoms with Gasteiger partial charge < -0.3 is 9.64 Å². The summed E-state index contributed by atoms with van der Waals surface area (Å²) in [6.07, 6.45) is -4.61. The van der Waals surface area contributed by atoms with Crippen molar-refractivity contribution >= 4 is 17.4 Å². The molecule has 1 aromatic rings. The second-order valence-electron chi connectivity index (χ2n) is 3.44. The highest BCUT2D eigenvalue weighted by Gasteiger charge is 2.35. The molecule has 1 heterocycles. The molecule has 0 aliphatic carbocycles. The highest BCUT2D eigenvalue weighted by Crippen LogP contribution is 2.29. The van der Waals surface area contributed by atoms with Crippen molar-refractivity contribution in [3.63, 3.8) is 0 Å². The quantitative estimate of drug-likeness (QED) is 0.779. The van der Waals surface area contributed by atoms with Gasteiger partial charge in [0.15, 0.2) is 0 Å². The van der Waals surface area contributed by atoms with Crippen molar-refractivity contribution in [3.8, 4) is 0 Å². The van der Waals surface area contributed by atoms with E-state index in [-0.39, 0.29) is 11.0 Å². The third-order valence-electron chi connectivity index (χ3n) is 2.21. The Hall–Kier alpha value is -1.08. The van der Waals surface area contributed by atoms with E-state index in [1.807, 2.05) is 0 Å². The summed E-state index contributed by atoms with van der Waals surface area (Å²) in [5.41, 5.74) is 0. The minimum absolute atomic E-state index is 0.141. The first kappa shape index (κ1) is 15.0. The number of aromatic nitrogens is 2. The van der Waals surface area contributed by atoms with Gasteiger partial charge in [0.25, 0.3) is 0 Å². The van der Waals surface area contributed by atoms with Crippen LogP contribution in [0.5, 0.6) is 0 Å². The Bertz CT molecular complexity index is 400. The zero-order chi connectivity index (χ0) is 13.8. The molecule has 0 N–H and O–H groups in total. The van der Waals surface area contributed by atoms with Crippen molar-refractivity contribution in [1.82, 2.24) is 9.97 Å². The molecule has 0 saturated carbocycles. The summed E-state index contributed by atoms with van der Waals surface area (Å²) in [6.45, 7) is 3.11. The Morgan fingerprint density at radius 2 is 2.06 bits per heavy atom. The van der Waals surface area contributed by atoms with E-state index in [2.05, 4.69) is 9.97 Å². The molecule has 0 atom stereocenters. The van der Waals surface area contributed by atoms with E-state index in [0.717, 1.165) is 0 Å². The number of likely N-dealkylation sites (N-methyl/N-ethyl adjacent to an activating group) is 1. The summed E-state index contributed by atoms with van der Waals surface area (Å²) in [7, 11) is 1.52. The van der Waals surface area contributed by atoms with Crippen LogP contribution in [-0.2, 0) is 10.9 Å². The molecule has 8 heteroatoms. The van der Waals surface area contributed by atoms with Gasteiger partial charge in [0.05, 0.1) is 6.61 Å². The molecule has 0 bridgehead atoms. The fourth-order valence-corrected chi connectivity index (χ4v) is 1.51. The van der Waals surface area contributed by atoms with Crippen LogP contribution in [0, 0.1) is 0 Å². The van der Waals surface area contributed by atoms with Gasteiger partial charge in [0.2, 0.25) is 5.82 Å². The number of rotatable bonds is 5. The molecule has 18 heavy (non-hydrogen) atoms. The maximum atomic E-state index is 12.5. The van der Waals surface area contributed by atoms with Crippen LogP contribution in [0.25, 0.3) is 0 Å². The molecular formula is C10H13ClF3N3O. The molecule has 0 saturated heterocycles. The van der Waals surface area contributed by atoms with Crippen molar-refractivity contribution in [2.75, 3.05) is 31.7 Å². The number of nitrogens with zero attached hydrogens (tertiary/aromatic N) is 3. The topological polar surface area (TPSA) is 38.2 Å². The molecule has 0 aliphatic rings. The summed E-state index contributed by atoms with van der Waals surface area (Å²) >= 11 is 5.58. The monoisotopic (exact) mass is 283 g/mol. The first-order valence-electron chi connectivity index (χ1n) is 5.24. The van der Waals surface area contributed by atoms with E-state index < -0.39 is 12.0 Å². The van der Waals surface area contributed by atoms with Crippen LogP contribution >= 0.6 is 11.6 Å². The fourth-order valence-electron chi connectivity index (χ4n) is 1.33. The number of halogens is 4. The van der Waals surface area contributed by atoms with Crippen LogP contribution in [0.1, 0.15) is 12.7 Å². The highest BCUT2D eigenvalue weighted by atomic mass is 35.5. The van der Waals surface area contributed by atoms with E-state index in [9.17, 15) is 13.2 Å². The van der Waals surface area contributed by atoms with E-state index in [1.165, 1.54) is 13.2 Å². The van der Waals surface area contributed by atoms with E-state index in [4.69, 9.17) is 16.3 Å². The summed E-state index contributed by atoms with van der Waals surface area (Å²) in [4.78, 5) is 8.28. The predicted octanol–water partition coefficient (Wildman–Crippen LogP) is 2.62. The van der Waals surface area contributed by atoms with Crippen LogP contribution in [0.3, 0.4) is 0 Å². The summed E-state index contributed by atoms with van der Waals surface area (Å²) in [6, 6.07) is 1.30. The Morgan fingerprint density at radius 3 is 2.56 bits per heavy atom. The molecule has 0 spiro atoms. The van der Waals surface area contributed by atoms with Gasteiger partial charge >= 0.3 is 6.18 Å². The zero-order valence-corrected chi connectivity index (χ0v) is 10.7. The van der Waals surface area contributed by atoms with Gasteiger partial charge in [-0.1, -0.05) is 11.6 Å². The molecule has 0 aliphatic heterocycles. The summed E-state index contributed by atoms with van der Waals surface area (Å²) in [5, 5.41) is -0.233. The van der Waals surface area contributed by atoms with Gasteiger partial charge in [-0.15, -0.1) is 0 Å². The van der Waals surface area contributed by atoms with Gasteiger partial charge in [0, 0.05) is 26.3 Å². The molecule has 102 valence electrons. The van der Waals surface area contributed by atoms with Crippen LogP contribution < -0.4 is 4.90 Å². The molecule has 1 aromatic heterocycles. The molecule has 0 unspecified atom stereocenters. The third-order valence-corrected chi connectivity index (χ3v) is 2.40. The van der Waals surface area contributed by atoms with E-state index in [0.29, 0.717) is 19.7 Å². The van der Waals surface area contributed by atoms with Crippen molar-refractivity contribution in [1.29, 1.82) is 0 Å². The number of anilines is 1. The summed E-state index contributed by atoms with van der Waals surface area (Å²) < 4.78 is 42.5. The van der Waals surface area contributed by atoms with Gasteiger partial charge in [-0.05, 0) is 6.92 Å². The van der Waals surface area contributed by atoms with Crippen molar-refractivity contribution in [2.24, 2.45) is 0 Å². The molecule has 0 aromatic carbocycles. The smallest absolute Gasteiger partial charge is 0.383 e. The fraction of sp³-hybridized carbons (Fsp3) is 0.600. The Kier molecular flexibility index (Phi) is 5.15. The molecule has 1 rings (SSSR count). The van der Waals surface area contributed by atoms with Gasteiger partial charge in [0.1, 0.15) is 11.0 Å². The van der Waals surface area contributed by atoms with Gasteiger partial charge in [-0.2, -0.15) is 13.2 Å². The Balaban J connectivity index is 3.04. The van der Waals surface area contributed by atoms with Crippen LogP contribution in [-0.4, -0.2) is 36.8 Å².